The van der Waals surface area contributed by atoms with Crippen LogP contribution in [0.1, 0.15) is 21.8 Å². The SMILES string of the molecule is CN1CC(C(=O)Nc2nc(-c3cc(Cl)ccc3Cl)cs2)c2ccccc2C1=O. The zero-order valence-corrected chi connectivity index (χ0v) is 17.1. The van der Waals surface area contributed by atoms with Crippen molar-refractivity contribution in [2.24, 2.45) is 0 Å². The van der Waals surface area contributed by atoms with Crippen LogP contribution < -0.4 is 5.32 Å². The van der Waals surface area contributed by atoms with E-state index in [0.29, 0.717) is 38.5 Å². The molecular weight excluding hydrogens is 417 g/mol. The summed E-state index contributed by atoms with van der Waals surface area (Å²) in [5.41, 5.74) is 2.64. The van der Waals surface area contributed by atoms with Crippen LogP contribution in [0.15, 0.2) is 47.8 Å². The average Bonchev–Trinajstić information content (AvgIpc) is 3.14. The van der Waals surface area contributed by atoms with Crippen molar-refractivity contribution in [1.82, 2.24) is 9.88 Å². The number of fused-ring (bicyclic) bond motifs is 1. The molecule has 0 aliphatic carbocycles. The Balaban J connectivity index is 1.58. The molecule has 4 rings (SSSR count). The van der Waals surface area contributed by atoms with Gasteiger partial charge in [0.1, 0.15) is 0 Å². The number of rotatable bonds is 3. The Labute approximate surface area is 175 Å². The number of carbonyl (C=O) groups excluding carboxylic acids is 2. The maximum Gasteiger partial charge on any atom is 0.253 e. The normalized spacial score (nSPS) is 16.0. The Hall–Kier alpha value is -2.41. The van der Waals surface area contributed by atoms with Gasteiger partial charge in [-0.3, -0.25) is 9.59 Å². The maximum absolute atomic E-state index is 12.9. The molecule has 8 heteroatoms. The van der Waals surface area contributed by atoms with Crippen molar-refractivity contribution in [3.05, 3.63) is 69.0 Å². The third-order valence-electron chi connectivity index (χ3n) is 4.62. The molecule has 142 valence electrons. The van der Waals surface area contributed by atoms with Gasteiger partial charge in [0, 0.05) is 35.1 Å². The van der Waals surface area contributed by atoms with Gasteiger partial charge in [0.15, 0.2) is 5.13 Å². The summed E-state index contributed by atoms with van der Waals surface area (Å²) < 4.78 is 0. The smallest absolute Gasteiger partial charge is 0.253 e. The Morgan fingerprint density at radius 2 is 2.00 bits per heavy atom. The lowest BCUT2D eigenvalue weighted by molar-refractivity contribution is -0.117. The van der Waals surface area contributed by atoms with Crippen LogP contribution in [-0.2, 0) is 4.79 Å². The largest absolute Gasteiger partial charge is 0.341 e. The third-order valence-corrected chi connectivity index (χ3v) is 5.95. The Morgan fingerprint density at radius 1 is 1.21 bits per heavy atom. The van der Waals surface area contributed by atoms with Gasteiger partial charge in [-0.1, -0.05) is 41.4 Å². The number of hydrogen-bond donors (Lipinski definition) is 1. The highest BCUT2D eigenvalue weighted by atomic mass is 35.5. The number of aromatic nitrogens is 1. The molecule has 28 heavy (non-hydrogen) atoms. The minimum Gasteiger partial charge on any atom is -0.341 e. The van der Waals surface area contributed by atoms with Crippen LogP contribution >= 0.6 is 34.5 Å². The third kappa shape index (κ3) is 3.51. The molecule has 0 radical (unpaired) electrons. The highest BCUT2D eigenvalue weighted by Gasteiger charge is 2.33. The number of nitrogens with zero attached hydrogens (tertiary/aromatic N) is 2. The standard InChI is InChI=1S/C20H15Cl2N3O2S/c1-25-9-15(12-4-2-3-5-13(12)19(25)27)18(26)24-20-23-17(10-28-20)14-8-11(21)6-7-16(14)22/h2-8,10,15H,9H2,1H3,(H,23,24,26). The van der Waals surface area contributed by atoms with Crippen molar-refractivity contribution in [2.75, 3.05) is 18.9 Å². The van der Waals surface area contributed by atoms with Crippen LogP contribution in [0.3, 0.4) is 0 Å². The van der Waals surface area contributed by atoms with E-state index in [9.17, 15) is 9.59 Å². The first-order valence-corrected chi connectivity index (χ1v) is 10.1. The Bertz CT molecular complexity index is 1080. The summed E-state index contributed by atoms with van der Waals surface area (Å²) in [4.78, 5) is 31.3. The van der Waals surface area contributed by atoms with Gasteiger partial charge in [-0.2, -0.15) is 0 Å². The minimum absolute atomic E-state index is 0.0771. The highest BCUT2D eigenvalue weighted by molar-refractivity contribution is 7.14. The van der Waals surface area contributed by atoms with Gasteiger partial charge in [-0.25, -0.2) is 4.98 Å². The molecule has 1 N–H and O–H groups in total. The van der Waals surface area contributed by atoms with Crippen molar-refractivity contribution in [3.63, 3.8) is 0 Å². The molecule has 2 aromatic carbocycles. The first kappa shape index (κ1) is 18.9. The van der Waals surface area contributed by atoms with Crippen molar-refractivity contribution in [3.8, 4) is 11.3 Å². The minimum atomic E-state index is -0.457. The summed E-state index contributed by atoms with van der Waals surface area (Å²) >= 11 is 13.6. The van der Waals surface area contributed by atoms with E-state index in [0.717, 1.165) is 5.56 Å². The second kappa shape index (κ2) is 7.54. The van der Waals surface area contributed by atoms with Crippen molar-refractivity contribution >= 4 is 51.5 Å². The predicted octanol–water partition coefficient (Wildman–Crippen LogP) is 4.92. The lowest BCUT2D eigenvalue weighted by Gasteiger charge is -2.30. The maximum atomic E-state index is 12.9. The first-order chi connectivity index (χ1) is 13.4. The summed E-state index contributed by atoms with van der Waals surface area (Å²) in [6.45, 7) is 0.319. The Kier molecular flexibility index (Phi) is 5.10. The number of nitrogens with one attached hydrogen (secondary N) is 1. The zero-order valence-electron chi connectivity index (χ0n) is 14.8. The van der Waals surface area contributed by atoms with Crippen molar-refractivity contribution in [2.45, 2.75) is 5.92 Å². The molecule has 0 fully saturated rings. The second-order valence-corrected chi connectivity index (χ2v) is 8.18. The number of halogens is 2. The number of amides is 2. The molecule has 0 saturated heterocycles. The zero-order chi connectivity index (χ0) is 19.8. The number of anilines is 1. The fraction of sp³-hybridized carbons (Fsp3) is 0.150. The molecule has 0 bridgehead atoms. The quantitative estimate of drug-likeness (QED) is 0.639. The monoisotopic (exact) mass is 431 g/mol. The summed E-state index contributed by atoms with van der Waals surface area (Å²) in [5, 5.41) is 6.25. The number of carbonyl (C=O) groups is 2. The van der Waals surface area contributed by atoms with E-state index in [4.69, 9.17) is 23.2 Å². The van der Waals surface area contributed by atoms with E-state index >= 15 is 0 Å². The topological polar surface area (TPSA) is 62.3 Å². The summed E-state index contributed by atoms with van der Waals surface area (Å²) in [6, 6.07) is 12.4. The van der Waals surface area contributed by atoms with E-state index in [1.54, 1.807) is 42.3 Å². The number of likely N-dealkylation sites (N-methyl/N-ethyl adjacent to an activating group) is 1. The van der Waals surface area contributed by atoms with Gasteiger partial charge >= 0.3 is 0 Å². The molecule has 2 amide bonds. The fourth-order valence-electron chi connectivity index (χ4n) is 3.22. The summed E-state index contributed by atoms with van der Waals surface area (Å²) in [5.74, 6) is -0.738. The van der Waals surface area contributed by atoms with Gasteiger partial charge < -0.3 is 10.2 Å². The van der Waals surface area contributed by atoms with Crippen LogP contribution in [0.25, 0.3) is 11.3 Å². The average molecular weight is 432 g/mol. The molecule has 1 aliphatic rings. The number of benzene rings is 2. The lowest BCUT2D eigenvalue weighted by atomic mass is 9.89. The van der Waals surface area contributed by atoms with Crippen LogP contribution in [0.2, 0.25) is 10.0 Å². The first-order valence-electron chi connectivity index (χ1n) is 8.50. The molecule has 3 aromatic rings. The van der Waals surface area contributed by atoms with Crippen LogP contribution in [-0.4, -0.2) is 35.3 Å². The van der Waals surface area contributed by atoms with Crippen LogP contribution in [0, 0.1) is 0 Å². The second-order valence-electron chi connectivity index (χ2n) is 6.48. The number of hydrogen-bond acceptors (Lipinski definition) is 4. The fourth-order valence-corrected chi connectivity index (χ4v) is 4.32. The van der Waals surface area contributed by atoms with E-state index < -0.39 is 5.92 Å². The molecule has 1 aromatic heterocycles. The molecule has 0 spiro atoms. The van der Waals surface area contributed by atoms with E-state index in [-0.39, 0.29) is 11.8 Å². The van der Waals surface area contributed by atoms with Crippen molar-refractivity contribution < 1.29 is 9.59 Å². The Morgan fingerprint density at radius 3 is 2.82 bits per heavy atom. The van der Waals surface area contributed by atoms with Gasteiger partial charge in [0.05, 0.1) is 16.6 Å². The molecule has 0 saturated carbocycles. The highest BCUT2D eigenvalue weighted by Crippen LogP contribution is 2.34. The number of thiazole rings is 1. The van der Waals surface area contributed by atoms with E-state index in [1.807, 2.05) is 17.5 Å². The molecule has 5 nitrogen and oxygen atoms in total. The van der Waals surface area contributed by atoms with Crippen molar-refractivity contribution in [1.29, 1.82) is 0 Å². The molecular formula is C20H15Cl2N3O2S. The van der Waals surface area contributed by atoms with Gasteiger partial charge in [0.25, 0.3) is 5.91 Å². The summed E-state index contributed by atoms with van der Waals surface area (Å²) in [6.07, 6.45) is 0. The van der Waals surface area contributed by atoms with E-state index in [2.05, 4.69) is 10.3 Å². The molecule has 1 atom stereocenters. The van der Waals surface area contributed by atoms with Gasteiger partial charge in [0.2, 0.25) is 5.91 Å². The van der Waals surface area contributed by atoms with Crippen LogP contribution in [0.4, 0.5) is 5.13 Å². The lowest BCUT2D eigenvalue weighted by Crippen LogP contribution is -2.41. The van der Waals surface area contributed by atoms with Gasteiger partial charge in [-0.15, -0.1) is 11.3 Å². The van der Waals surface area contributed by atoms with Gasteiger partial charge in [-0.05, 0) is 29.8 Å². The molecule has 2 heterocycles. The van der Waals surface area contributed by atoms with E-state index in [1.165, 1.54) is 11.3 Å². The summed E-state index contributed by atoms with van der Waals surface area (Å²) in [7, 11) is 1.70. The molecule has 1 unspecified atom stereocenters. The molecule has 1 aliphatic heterocycles. The van der Waals surface area contributed by atoms with Crippen LogP contribution in [0.5, 0.6) is 0 Å². The predicted molar refractivity (Wildman–Crippen MR) is 112 cm³/mol.